The van der Waals surface area contributed by atoms with Crippen LogP contribution >= 0.6 is 0 Å². The first-order valence-electron chi connectivity index (χ1n) is 6.70. The highest BCUT2D eigenvalue weighted by Gasteiger charge is 2.09. The van der Waals surface area contributed by atoms with Crippen molar-refractivity contribution in [1.82, 2.24) is 10.3 Å². The van der Waals surface area contributed by atoms with Crippen LogP contribution < -0.4 is 10.9 Å². The Morgan fingerprint density at radius 2 is 2.15 bits per heavy atom. The Kier molecular flexibility index (Phi) is 4.53. The second-order valence-corrected chi connectivity index (χ2v) is 4.71. The summed E-state index contributed by atoms with van der Waals surface area (Å²) in [5.41, 5.74) is -0.0402. The number of aromatic nitrogens is 1. The quantitative estimate of drug-likeness (QED) is 0.771. The highest BCUT2D eigenvalue weighted by molar-refractivity contribution is 5.96. The van der Waals surface area contributed by atoms with Gasteiger partial charge in [-0.05, 0) is 30.4 Å². The molecule has 0 spiro atoms. The number of nitrogens with one attached hydrogen (secondary N) is 2. The molecule has 0 aliphatic heterocycles. The molecule has 0 bridgehead atoms. The fourth-order valence-electron chi connectivity index (χ4n) is 1.98. The third-order valence-electron chi connectivity index (χ3n) is 3.23. The number of hydrogen-bond acceptors (Lipinski definition) is 3. The van der Waals surface area contributed by atoms with E-state index in [9.17, 15) is 14.7 Å². The summed E-state index contributed by atoms with van der Waals surface area (Å²) in [6, 6.07) is 8.77. The van der Waals surface area contributed by atoms with Gasteiger partial charge in [0.25, 0.3) is 11.5 Å². The van der Waals surface area contributed by atoms with Crippen LogP contribution in [0.2, 0.25) is 0 Å². The molecular weight excluding hydrogens is 256 g/mol. The van der Waals surface area contributed by atoms with E-state index in [-0.39, 0.29) is 17.2 Å². The third kappa shape index (κ3) is 3.24. The maximum absolute atomic E-state index is 11.9. The Bertz CT molecular complexity index is 663. The molecule has 0 aliphatic carbocycles. The summed E-state index contributed by atoms with van der Waals surface area (Å²) in [6.07, 6.45) is 0.744. The average Bonchev–Trinajstić information content (AvgIpc) is 2.46. The largest absolute Gasteiger partial charge is 0.393 e. The summed E-state index contributed by atoms with van der Waals surface area (Å²) in [5, 5.41) is 13.4. The zero-order valence-corrected chi connectivity index (χ0v) is 11.3. The zero-order valence-electron chi connectivity index (χ0n) is 11.3. The van der Waals surface area contributed by atoms with Gasteiger partial charge in [0.05, 0.1) is 6.10 Å². The minimum Gasteiger partial charge on any atom is -0.393 e. The zero-order chi connectivity index (χ0) is 14.5. The van der Waals surface area contributed by atoms with Crippen molar-refractivity contribution < 1.29 is 9.90 Å². The number of fused-ring (bicyclic) bond motifs is 1. The molecular formula is C15H18N2O3. The minimum atomic E-state index is -0.411. The van der Waals surface area contributed by atoms with Crippen molar-refractivity contribution in [3.05, 3.63) is 46.4 Å². The van der Waals surface area contributed by atoms with E-state index < -0.39 is 6.10 Å². The number of aliphatic hydroxyl groups is 1. The van der Waals surface area contributed by atoms with Gasteiger partial charge >= 0.3 is 0 Å². The monoisotopic (exact) mass is 274 g/mol. The van der Waals surface area contributed by atoms with Gasteiger partial charge in [0.2, 0.25) is 0 Å². The third-order valence-corrected chi connectivity index (χ3v) is 3.23. The van der Waals surface area contributed by atoms with Crippen LogP contribution in [0.1, 0.15) is 30.3 Å². The lowest BCUT2D eigenvalue weighted by molar-refractivity contribution is 0.0937. The normalized spacial score (nSPS) is 12.3. The van der Waals surface area contributed by atoms with Crippen LogP contribution in [0.3, 0.4) is 0 Å². The molecule has 0 aliphatic rings. The minimum absolute atomic E-state index is 0.236. The van der Waals surface area contributed by atoms with E-state index in [2.05, 4.69) is 10.3 Å². The molecule has 1 aromatic carbocycles. The molecule has 0 fully saturated rings. The number of aliphatic hydroxyl groups excluding tert-OH is 1. The van der Waals surface area contributed by atoms with Crippen molar-refractivity contribution >= 4 is 16.7 Å². The molecule has 5 heteroatoms. The molecule has 5 nitrogen and oxygen atoms in total. The van der Waals surface area contributed by atoms with Crippen molar-refractivity contribution in [2.45, 2.75) is 25.9 Å². The number of rotatable bonds is 5. The molecule has 1 aromatic heterocycles. The summed E-state index contributed by atoms with van der Waals surface area (Å²) in [7, 11) is 0. The molecule has 3 N–H and O–H groups in total. The van der Waals surface area contributed by atoms with Gasteiger partial charge < -0.3 is 15.4 Å². The van der Waals surface area contributed by atoms with Gasteiger partial charge in [0, 0.05) is 11.9 Å². The number of pyridine rings is 1. The number of benzene rings is 1. The van der Waals surface area contributed by atoms with Gasteiger partial charge in [-0.15, -0.1) is 0 Å². The molecule has 1 heterocycles. The predicted octanol–water partition coefficient (Wildman–Crippen LogP) is 1.42. The number of H-pyrrole nitrogens is 1. The fourth-order valence-corrected chi connectivity index (χ4v) is 1.98. The molecule has 20 heavy (non-hydrogen) atoms. The number of aromatic amines is 1. The van der Waals surface area contributed by atoms with Gasteiger partial charge in [-0.25, -0.2) is 0 Å². The maximum atomic E-state index is 11.9. The smallest absolute Gasteiger partial charge is 0.267 e. The van der Waals surface area contributed by atoms with E-state index >= 15 is 0 Å². The lowest BCUT2D eigenvalue weighted by Gasteiger charge is -2.09. The number of hydrogen-bond donors (Lipinski definition) is 3. The maximum Gasteiger partial charge on any atom is 0.267 e. The molecule has 1 amide bonds. The Balaban J connectivity index is 2.12. The van der Waals surface area contributed by atoms with Gasteiger partial charge in [-0.1, -0.05) is 25.1 Å². The number of carbonyl (C=O) groups is 1. The second-order valence-electron chi connectivity index (χ2n) is 4.71. The summed E-state index contributed by atoms with van der Waals surface area (Å²) in [4.78, 5) is 26.4. The number of carbonyl (C=O) groups excluding carboxylic acids is 1. The van der Waals surface area contributed by atoms with E-state index in [1.54, 1.807) is 24.3 Å². The predicted molar refractivity (Wildman–Crippen MR) is 77.8 cm³/mol. The molecule has 0 saturated heterocycles. The van der Waals surface area contributed by atoms with Crippen molar-refractivity contribution in [2.24, 2.45) is 0 Å². The van der Waals surface area contributed by atoms with Gasteiger partial charge in [-0.3, -0.25) is 9.59 Å². The van der Waals surface area contributed by atoms with Crippen molar-refractivity contribution in [2.75, 3.05) is 6.54 Å². The van der Waals surface area contributed by atoms with Crippen LogP contribution in [0.15, 0.2) is 35.1 Å². The van der Waals surface area contributed by atoms with Crippen LogP contribution in [0.5, 0.6) is 0 Å². The highest BCUT2D eigenvalue weighted by Crippen LogP contribution is 2.09. The van der Waals surface area contributed by atoms with E-state index in [0.717, 1.165) is 5.39 Å². The lowest BCUT2D eigenvalue weighted by atomic mass is 10.1. The van der Waals surface area contributed by atoms with Crippen molar-refractivity contribution in [3.8, 4) is 0 Å². The van der Waals surface area contributed by atoms with Gasteiger partial charge in [0.1, 0.15) is 5.69 Å². The fraction of sp³-hybridized carbons (Fsp3) is 0.333. The SMILES string of the molecule is CCC(O)CCNC(=O)c1cc2ccccc2c(=O)[nH]1. The molecule has 106 valence electrons. The van der Waals surface area contributed by atoms with Crippen LogP contribution in [0, 0.1) is 0 Å². The van der Waals surface area contributed by atoms with Gasteiger partial charge in [-0.2, -0.15) is 0 Å². The average molecular weight is 274 g/mol. The second kappa shape index (κ2) is 6.34. The Morgan fingerprint density at radius 1 is 1.40 bits per heavy atom. The van der Waals surface area contributed by atoms with Gasteiger partial charge in [0.15, 0.2) is 0 Å². The van der Waals surface area contributed by atoms with E-state index in [4.69, 9.17) is 0 Å². The first-order valence-corrected chi connectivity index (χ1v) is 6.70. The van der Waals surface area contributed by atoms with Crippen LogP contribution in [-0.2, 0) is 0 Å². The van der Waals surface area contributed by atoms with E-state index in [1.807, 2.05) is 13.0 Å². The Morgan fingerprint density at radius 3 is 2.90 bits per heavy atom. The number of amides is 1. The summed E-state index contributed by atoms with van der Waals surface area (Å²) in [5.74, 6) is -0.337. The highest BCUT2D eigenvalue weighted by atomic mass is 16.3. The molecule has 2 aromatic rings. The molecule has 2 rings (SSSR count). The molecule has 1 unspecified atom stereocenters. The molecule has 0 radical (unpaired) electrons. The van der Waals surface area contributed by atoms with Crippen molar-refractivity contribution in [1.29, 1.82) is 0 Å². The topological polar surface area (TPSA) is 82.2 Å². The van der Waals surface area contributed by atoms with E-state index in [0.29, 0.717) is 24.8 Å². The standard InChI is InChI=1S/C15H18N2O3/c1-2-11(18)7-8-16-15(20)13-9-10-5-3-4-6-12(10)14(19)17-13/h3-6,9,11,18H,2,7-8H2,1H3,(H,16,20)(H,17,19). The summed E-state index contributed by atoms with van der Waals surface area (Å²) < 4.78 is 0. The van der Waals surface area contributed by atoms with Crippen LogP contribution in [0.4, 0.5) is 0 Å². The van der Waals surface area contributed by atoms with Crippen molar-refractivity contribution in [3.63, 3.8) is 0 Å². The van der Waals surface area contributed by atoms with Crippen LogP contribution in [-0.4, -0.2) is 28.6 Å². The lowest BCUT2D eigenvalue weighted by Crippen LogP contribution is -2.29. The summed E-state index contributed by atoms with van der Waals surface area (Å²) >= 11 is 0. The molecule has 1 atom stereocenters. The molecule has 0 saturated carbocycles. The van der Waals surface area contributed by atoms with Crippen LogP contribution in [0.25, 0.3) is 10.8 Å². The Hall–Kier alpha value is -2.14. The summed E-state index contributed by atoms with van der Waals surface area (Å²) in [6.45, 7) is 2.26. The van der Waals surface area contributed by atoms with E-state index in [1.165, 1.54) is 0 Å². The first kappa shape index (κ1) is 14.3. The first-order chi connectivity index (χ1) is 9.61. The Labute approximate surface area is 116 Å².